The number of hydrogen-bond acceptors (Lipinski definition) is 3. The van der Waals surface area contributed by atoms with Gasteiger partial charge in [-0.15, -0.1) is 0 Å². The normalized spacial score (nSPS) is 16.1. The lowest BCUT2D eigenvalue weighted by Crippen LogP contribution is -2.57. The lowest BCUT2D eigenvalue weighted by Gasteiger charge is -2.44. The molecular formula is C16H27FN2O. The summed E-state index contributed by atoms with van der Waals surface area (Å²) in [6.45, 7) is 8.27. The van der Waals surface area contributed by atoms with Crippen LogP contribution >= 0.6 is 0 Å². The van der Waals surface area contributed by atoms with Crippen molar-refractivity contribution in [3.8, 4) is 0 Å². The zero-order valence-electron chi connectivity index (χ0n) is 13.0. The minimum absolute atomic E-state index is 0.164. The summed E-state index contributed by atoms with van der Waals surface area (Å²) in [5.74, 6) is -0.164. The Labute approximate surface area is 121 Å². The highest BCUT2D eigenvalue weighted by molar-refractivity contribution is 5.20. The first-order valence-electron chi connectivity index (χ1n) is 7.17. The van der Waals surface area contributed by atoms with E-state index in [2.05, 4.69) is 25.7 Å². The predicted octanol–water partition coefficient (Wildman–Crippen LogP) is 2.44. The fourth-order valence-corrected chi connectivity index (χ4v) is 2.90. The molecule has 1 aromatic carbocycles. The van der Waals surface area contributed by atoms with Crippen molar-refractivity contribution >= 4 is 0 Å². The number of ether oxygens (including phenoxy) is 1. The van der Waals surface area contributed by atoms with Crippen molar-refractivity contribution in [2.24, 2.45) is 5.73 Å². The van der Waals surface area contributed by atoms with Gasteiger partial charge in [-0.05, 0) is 38.4 Å². The number of rotatable bonds is 8. The topological polar surface area (TPSA) is 38.5 Å². The number of nitrogens with two attached hydrogens (primary N) is 1. The van der Waals surface area contributed by atoms with Gasteiger partial charge in [0.15, 0.2) is 0 Å². The van der Waals surface area contributed by atoms with E-state index in [1.807, 2.05) is 12.1 Å². The standard InChI is InChI=1S/C16H27FN2O/c1-5-19(13(2)11-20-4)16(3,12-18)10-14-8-6-7-9-15(14)17/h6-9,13H,5,10-12,18H2,1-4H3. The van der Waals surface area contributed by atoms with Crippen LogP contribution in [0.3, 0.4) is 0 Å². The molecule has 0 radical (unpaired) electrons. The number of benzene rings is 1. The summed E-state index contributed by atoms with van der Waals surface area (Å²) in [6, 6.07) is 7.15. The molecular weight excluding hydrogens is 255 g/mol. The minimum atomic E-state index is -0.283. The van der Waals surface area contributed by atoms with Crippen LogP contribution in [0.2, 0.25) is 0 Å². The molecule has 0 aliphatic carbocycles. The lowest BCUT2D eigenvalue weighted by atomic mass is 9.89. The Morgan fingerprint density at radius 1 is 1.40 bits per heavy atom. The van der Waals surface area contributed by atoms with E-state index >= 15 is 0 Å². The van der Waals surface area contributed by atoms with Crippen LogP contribution in [-0.2, 0) is 11.2 Å². The molecule has 0 saturated carbocycles. The van der Waals surface area contributed by atoms with Crippen molar-refractivity contribution < 1.29 is 9.13 Å². The average molecular weight is 282 g/mol. The number of halogens is 1. The molecule has 114 valence electrons. The third-order valence-corrected chi connectivity index (χ3v) is 3.94. The van der Waals surface area contributed by atoms with E-state index in [1.54, 1.807) is 13.2 Å². The summed E-state index contributed by atoms with van der Waals surface area (Å²) in [6.07, 6.45) is 0.595. The highest BCUT2D eigenvalue weighted by Crippen LogP contribution is 2.24. The smallest absolute Gasteiger partial charge is 0.126 e. The fraction of sp³-hybridized carbons (Fsp3) is 0.625. The van der Waals surface area contributed by atoms with Gasteiger partial charge in [-0.2, -0.15) is 0 Å². The Balaban J connectivity index is 2.97. The highest BCUT2D eigenvalue weighted by Gasteiger charge is 2.33. The van der Waals surface area contributed by atoms with Gasteiger partial charge in [-0.1, -0.05) is 25.1 Å². The molecule has 0 bridgehead atoms. The van der Waals surface area contributed by atoms with Gasteiger partial charge in [0.1, 0.15) is 5.82 Å². The van der Waals surface area contributed by atoms with Crippen LogP contribution in [0, 0.1) is 5.82 Å². The van der Waals surface area contributed by atoms with Gasteiger partial charge in [-0.3, -0.25) is 4.90 Å². The molecule has 2 N–H and O–H groups in total. The fourth-order valence-electron chi connectivity index (χ4n) is 2.90. The Morgan fingerprint density at radius 3 is 2.55 bits per heavy atom. The third-order valence-electron chi connectivity index (χ3n) is 3.94. The summed E-state index contributed by atoms with van der Waals surface area (Å²) >= 11 is 0. The van der Waals surface area contributed by atoms with Crippen LogP contribution in [0.4, 0.5) is 4.39 Å². The molecule has 20 heavy (non-hydrogen) atoms. The molecule has 0 heterocycles. The van der Waals surface area contributed by atoms with Gasteiger partial charge >= 0.3 is 0 Å². The van der Waals surface area contributed by atoms with Gasteiger partial charge in [0, 0.05) is 25.2 Å². The summed E-state index contributed by atoms with van der Waals surface area (Å²) < 4.78 is 19.1. The number of likely N-dealkylation sites (N-methyl/N-ethyl adjacent to an activating group) is 1. The zero-order chi connectivity index (χ0) is 15.2. The van der Waals surface area contributed by atoms with Crippen LogP contribution in [0.1, 0.15) is 26.3 Å². The molecule has 0 aromatic heterocycles. The van der Waals surface area contributed by atoms with Gasteiger partial charge in [0.05, 0.1) is 6.61 Å². The van der Waals surface area contributed by atoms with E-state index in [9.17, 15) is 4.39 Å². The van der Waals surface area contributed by atoms with Gasteiger partial charge < -0.3 is 10.5 Å². The molecule has 1 aromatic rings. The first-order chi connectivity index (χ1) is 9.48. The van der Waals surface area contributed by atoms with Crippen molar-refractivity contribution in [1.29, 1.82) is 0 Å². The first-order valence-corrected chi connectivity index (χ1v) is 7.17. The van der Waals surface area contributed by atoms with E-state index < -0.39 is 0 Å². The maximum atomic E-state index is 13.9. The second-order valence-corrected chi connectivity index (χ2v) is 5.56. The van der Waals surface area contributed by atoms with Crippen LogP contribution in [-0.4, -0.2) is 43.3 Å². The van der Waals surface area contributed by atoms with E-state index in [4.69, 9.17) is 10.5 Å². The van der Waals surface area contributed by atoms with Crippen LogP contribution in [0.15, 0.2) is 24.3 Å². The van der Waals surface area contributed by atoms with Gasteiger partial charge in [0.25, 0.3) is 0 Å². The molecule has 2 unspecified atom stereocenters. The van der Waals surface area contributed by atoms with Crippen molar-refractivity contribution in [2.75, 3.05) is 26.8 Å². The molecule has 0 saturated heterocycles. The van der Waals surface area contributed by atoms with Crippen molar-refractivity contribution in [1.82, 2.24) is 4.90 Å². The van der Waals surface area contributed by atoms with E-state index in [0.29, 0.717) is 25.1 Å². The molecule has 0 spiro atoms. The van der Waals surface area contributed by atoms with Crippen molar-refractivity contribution in [3.05, 3.63) is 35.6 Å². The predicted molar refractivity (Wildman–Crippen MR) is 81.3 cm³/mol. The van der Waals surface area contributed by atoms with E-state index in [-0.39, 0.29) is 17.4 Å². The molecule has 0 amide bonds. The summed E-state index contributed by atoms with van der Waals surface area (Å²) in [5, 5.41) is 0. The zero-order valence-corrected chi connectivity index (χ0v) is 13.0. The summed E-state index contributed by atoms with van der Waals surface area (Å²) in [7, 11) is 1.70. The Morgan fingerprint density at radius 2 is 2.05 bits per heavy atom. The monoisotopic (exact) mass is 282 g/mol. The first kappa shape index (κ1) is 17.1. The third kappa shape index (κ3) is 4.01. The van der Waals surface area contributed by atoms with Crippen LogP contribution in [0.5, 0.6) is 0 Å². The van der Waals surface area contributed by atoms with Gasteiger partial charge in [0.2, 0.25) is 0 Å². The molecule has 0 aliphatic heterocycles. The second-order valence-electron chi connectivity index (χ2n) is 5.56. The highest BCUT2D eigenvalue weighted by atomic mass is 19.1. The van der Waals surface area contributed by atoms with Crippen molar-refractivity contribution in [2.45, 2.75) is 38.8 Å². The molecule has 0 fully saturated rings. The quantitative estimate of drug-likeness (QED) is 0.796. The summed E-state index contributed by atoms with van der Waals surface area (Å²) in [5.41, 5.74) is 6.44. The van der Waals surface area contributed by atoms with E-state index in [1.165, 1.54) is 6.07 Å². The largest absolute Gasteiger partial charge is 0.383 e. The molecule has 0 aliphatic rings. The Kier molecular flexibility index (Phi) is 6.59. The second kappa shape index (κ2) is 7.72. The van der Waals surface area contributed by atoms with Crippen LogP contribution in [0.25, 0.3) is 0 Å². The number of hydrogen-bond donors (Lipinski definition) is 1. The maximum absolute atomic E-state index is 13.9. The Hall–Kier alpha value is -0.970. The molecule has 3 nitrogen and oxygen atoms in total. The average Bonchev–Trinajstić information content (AvgIpc) is 2.42. The Bertz CT molecular complexity index is 413. The van der Waals surface area contributed by atoms with Gasteiger partial charge in [-0.25, -0.2) is 4.39 Å². The summed E-state index contributed by atoms with van der Waals surface area (Å²) in [4.78, 5) is 2.29. The van der Waals surface area contributed by atoms with Crippen molar-refractivity contribution in [3.63, 3.8) is 0 Å². The minimum Gasteiger partial charge on any atom is -0.383 e. The molecule has 1 rings (SSSR count). The number of nitrogens with zero attached hydrogens (tertiary/aromatic N) is 1. The maximum Gasteiger partial charge on any atom is 0.126 e. The molecule has 4 heteroatoms. The van der Waals surface area contributed by atoms with E-state index in [0.717, 1.165) is 6.54 Å². The molecule has 2 atom stereocenters. The SMILES string of the molecule is CCN(C(C)COC)C(C)(CN)Cc1ccccc1F. The number of methoxy groups -OCH3 is 1. The lowest BCUT2D eigenvalue weighted by molar-refractivity contribution is 0.0291. The van der Waals surface area contributed by atoms with Crippen LogP contribution < -0.4 is 5.73 Å².